The van der Waals surface area contributed by atoms with E-state index >= 15 is 0 Å². The van der Waals surface area contributed by atoms with Gasteiger partial charge in [-0.2, -0.15) is 0 Å². The van der Waals surface area contributed by atoms with Gasteiger partial charge < -0.3 is 15.2 Å². The van der Waals surface area contributed by atoms with Gasteiger partial charge in [0.25, 0.3) is 0 Å². The lowest BCUT2D eigenvalue weighted by molar-refractivity contribution is 0.0533. The van der Waals surface area contributed by atoms with E-state index in [2.05, 4.69) is 0 Å². The van der Waals surface area contributed by atoms with Crippen LogP contribution in [0.2, 0.25) is 0 Å². The van der Waals surface area contributed by atoms with Crippen molar-refractivity contribution in [2.45, 2.75) is 13.8 Å². The topological polar surface area (TPSA) is 66.5 Å². The second kappa shape index (κ2) is 6.73. The van der Waals surface area contributed by atoms with Crippen molar-refractivity contribution in [2.75, 3.05) is 18.9 Å². The number of carbonyl (C=O) groups is 1. The van der Waals surface area contributed by atoms with Crippen LogP contribution in [0.25, 0.3) is 5.69 Å². The van der Waals surface area contributed by atoms with Crippen molar-refractivity contribution in [2.24, 2.45) is 0 Å². The fraction of sp³-hybridized carbons (Fsp3) is 0.286. The zero-order chi connectivity index (χ0) is 15.4. The Bertz CT molecular complexity index is 706. The Hall–Kier alpha value is -1.86. The molecule has 0 amide bonds. The van der Waals surface area contributed by atoms with Crippen molar-refractivity contribution in [3.05, 3.63) is 33.1 Å². The molecule has 1 aromatic heterocycles. The Morgan fingerprint density at radius 1 is 1.33 bits per heavy atom. The lowest BCUT2D eigenvalue weighted by atomic mass is 10.3. The monoisotopic (exact) mass is 324 g/mol. The smallest absolute Gasteiger partial charge is 0.352 e. The summed E-state index contributed by atoms with van der Waals surface area (Å²) in [6, 6.07) is 7.41. The number of nitrogens with two attached hydrogens (primary N) is 1. The summed E-state index contributed by atoms with van der Waals surface area (Å²) >= 11 is 6.46. The molecule has 0 fully saturated rings. The largest absolute Gasteiger partial charge is 0.492 e. The van der Waals surface area contributed by atoms with E-state index < -0.39 is 5.97 Å². The van der Waals surface area contributed by atoms with Crippen LogP contribution < -0.4 is 10.5 Å². The molecule has 2 N–H and O–H groups in total. The van der Waals surface area contributed by atoms with Gasteiger partial charge in [-0.3, -0.25) is 4.57 Å². The zero-order valence-corrected chi connectivity index (χ0v) is 13.4. The van der Waals surface area contributed by atoms with E-state index in [1.54, 1.807) is 11.5 Å². The minimum Gasteiger partial charge on any atom is -0.492 e. The molecule has 0 saturated heterocycles. The average Bonchev–Trinajstić information content (AvgIpc) is 2.76. The van der Waals surface area contributed by atoms with Gasteiger partial charge in [0.2, 0.25) is 0 Å². The highest BCUT2D eigenvalue weighted by atomic mass is 32.1. The van der Waals surface area contributed by atoms with Crippen LogP contribution in [0.1, 0.15) is 23.5 Å². The number of hydrogen-bond donors (Lipinski definition) is 1. The number of benzene rings is 1. The SMILES string of the molecule is CCOC(=O)c1sc(=S)n(-c2ccccc2OCC)c1N. The van der Waals surface area contributed by atoms with Crippen LogP contribution in [-0.2, 0) is 4.74 Å². The number of para-hydroxylation sites is 2. The normalized spacial score (nSPS) is 10.4. The van der Waals surface area contributed by atoms with Gasteiger partial charge in [-0.1, -0.05) is 23.5 Å². The summed E-state index contributed by atoms with van der Waals surface area (Å²) in [4.78, 5) is 12.2. The summed E-state index contributed by atoms with van der Waals surface area (Å²) in [5, 5.41) is 0. The second-order valence-corrected chi connectivity index (χ2v) is 5.68. The Morgan fingerprint density at radius 3 is 2.71 bits per heavy atom. The molecule has 1 heterocycles. The van der Waals surface area contributed by atoms with E-state index in [4.69, 9.17) is 27.4 Å². The molecule has 0 atom stereocenters. The van der Waals surface area contributed by atoms with Crippen LogP contribution in [0, 0.1) is 3.95 Å². The number of nitrogens with zero attached hydrogens (tertiary/aromatic N) is 1. The fourth-order valence-electron chi connectivity index (χ4n) is 1.88. The standard InChI is InChI=1S/C14H16N2O3S2/c1-3-18-10-8-6-5-7-9(10)16-12(15)11(21-14(16)20)13(17)19-4-2/h5-8H,3-4,15H2,1-2H3. The number of rotatable bonds is 5. The first kappa shape index (κ1) is 15.5. The molecule has 112 valence electrons. The van der Waals surface area contributed by atoms with E-state index in [1.165, 1.54) is 0 Å². The molecule has 0 aliphatic rings. The van der Waals surface area contributed by atoms with Gasteiger partial charge in [0.15, 0.2) is 8.83 Å². The van der Waals surface area contributed by atoms with Gasteiger partial charge in [-0.25, -0.2) is 4.79 Å². The van der Waals surface area contributed by atoms with Crippen LogP contribution in [0.5, 0.6) is 5.75 Å². The maximum Gasteiger partial charge on any atom is 0.352 e. The molecular weight excluding hydrogens is 308 g/mol. The van der Waals surface area contributed by atoms with Crippen molar-refractivity contribution >= 4 is 35.3 Å². The number of aromatic nitrogens is 1. The Labute approximate surface area is 131 Å². The number of esters is 1. The molecule has 0 aliphatic heterocycles. The third-order valence-corrected chi connectivity index (χ3v) is 4.08. The van der Waals surface area contributed by atoms with Gasteiger partial charge in [-0.15, -0.1) is 0 Å². The summed E-state index contributed by atoms with van der Waals surface area (Å²) in [6.07, 6.45) is 0. The van der Waals surface area contributed by atoms with Gasteiger partial charge in [-0.05, 0) is 38.2 Å². The summed E-state index contributed by atoms with van der Waals surface area (Å²) < 4.78 is 12.7. The van der Waals surface area contributed by atoms with Crippen molar-refractivity contribution < 1.29 is 14.3 Å². The molecule has 1 aromatic carbocycles. The molecule has 0 radical (unpaired) electrons. The number of hydrogen-bond acceptors (Lipinski definition) is 6. The predicted octanol–water partition coefficient (Wildman–Crippen LogP) is 3.43. The lowest BCUT2D eigenvalue weighted by Crippen LogP contribution is -2.09. The highest BCUT2D eigenvalue weighted by molar-refractivity contribution is 7.73. The second-order valence-electron chi connectivity index (χ2n) is 4.04. The van der Waals surface area contributed by atoms with Crippen LogP contribution in [-0.4, -0.2) is 23.8 Å². The van der Waals surface area contributed by atoms with E-state index in [1.807, 2.05) is 31.2 Å². The van der Waals surface area contributed by atoms with Crippen molar-refractivity contribution in [1.82, 2.24) is 4.57 Å². The van der Waals surface area contributed by atoms with Gasteiger partial charge in [0.05, 0.1) is 18.9 Å². The zero-order valence-electron chi connectivity index (χ0n) is 11.8. The van der Waals surface area contributed by atoms with Crippen LogP contribution in [0.15, 0.2) is 24.3 Å². The first-order valence-corrected chi connectivity index (χ1v) is 7.73. The highest BCUT2D eigenvalue weighted by Crippen LogP contribution is 2.31. The molecule has 0 spiro atoms. The highest BCUT2D eigenvalue weighted by Gasteiger charge is 2.20. The summed E-state index contributed by atoms with van der Waals surface area (Å²) in [7, 11) is 0. The Morgan fingerprint density at radius 2 is 2.05 bits per heavy atom. The third-order valence-electron chi connectivity index (χ3n) is 2.71. The number of thiazole rings is 1. The molecule has 0 bridgehead atoms. The van der Waals surface area contributed by atoms with Crippen LogP contribution in [0.3, 0.4) is 0 Å². The first-order valence-electron chi connectivity index (χ1n) is 6.50. The molecule has 5 nitrogen and oxygen atoms in total. The quantitative estimate of drug-likeness (QED) is 0.674. The molecule has 7 heteroatoms. The van der Waals surface area contributed by atoms with Gasteiger partial charge >= 0.3 is 5.97 Å². The molecule has 0 saturated carbocycles. The average molecular weight is 324 g/mol. The fourth-order valence-corrected chi connectivity index (χ4v) is 3.12. The molecule has 0 unspecified atom stereocenters. The van der Waals surface area contributed by atoms with Gasteiger partial charge in [0, 0.05) is 0 Å². The Balaban J connectivity index is 2.56. The van der Waals surface area contributed by atoms with Crippen molar-refractivity contribution in [3.63, 3.8) is 0 Å². The van der Waals surface area contributed by atoms with E-state index in [-0.39, 0.29) is 5.82 Å². The lowest BCUT2D eigenvalue weighted by Gasteiger charge is -2.12. The third kappa shape index (κ3) is 3.08. The number of ether oxygens (including phenoxy) is 2. The molecule has 2 rings (SSSR count). The molecule has 21 heavy (non-hydrogen) atoms. The number of carbonyl (C=O) groups excluding carboxylic acids is 1. The van der Waals surface area contributed by atoms with Crippen LogP contribution in [0.4, 0.5) is 5.82 Å². The minimum absolute atomic E-state index is 0.274. The predicted molar refractivity (Wildman–Crippen MR) is 86.0 cm³/mol. The van der Waals surface area contributed by atoms with E-state index in [0.29, 0.717) is 33.5 Å². The maximum atomic E-state index is 11.9. The molecule has 0 aliphatic carbocycles. The minimum atomic E-state index is -0.459. The first-order chi connectivity index (χ1) is 10.1. The number of anilines is 1. The van der Waals surface area contributed by atoms with Crippen LogP contribution >= 0.6 is 23.6 Å². The van der Waals surface area contributed by atoms with Crippen molar-refractivity contribution in [1.29, 1.82) is 0 Å². The van der Waals surface area contributed by atoms with Crippen molar-refractivity contribution in [3.8, 4) is 11.4 Å². The summed E-state index contributed by atoms with van der Waals surface area (Å²) in [5.74, 6) is 0.477. The van der Waals surface area contributed by atoms with Gasteiger partial charge in [0.1, 0.15) is 11.6 Å². The Kier molecular flexibility index (Phi) is 4.98. The summed E-state index contributed by atoms with van der Waals surface area (Å²) in [6.45, 7) is 4.46. The number of nitrogen functional groups attached to an aromatic ring is 1. The van der Waals surface area contributed by atoms with E-state index in [9.17, 15) is 4.79 Å². The maximum absolute atomic E-state index is 11.9. The van der Waals surface area contributed by atoms with E-state index in [0.717, 1.165) is 11.3 Å². The summed E-state index contributed by atoms with van der Waals surface area (Å²) in [5.41, 5.74) is 6.80. The molecular formula is C14H16N2O3S2. The molecule has 2 aromatic rings.